The molecule has 0 heterocycles. The lowest BCUT2D eigenvalue weighted by molar-refractivity contribution is 0.153. The van der Waals surface area contributed by atoms with Crippen molar-refractivity contribution < 1.29 is 5.11 Å². The Morgan fingerprint density at radius 3 is 2.54 bits per heavy atom. The van der Waals surface area contributed by atoms with Gasteiger partial charge in [0.1, 0.15) is 0 Å². The van der Waals surface area contributed by atoms with Crippen LogP contribution in [0, 0.1) is 0 Å². The number of rotatable bonds is 2. The predicted molar refractivity (Wildman–Crippen MR) is 55.1 cm³/mol. The molecule has 0 radical (unpaired) electrons. The van der Waals surface area contributed by atoms with E-state index in [1.165, 1.54) is 0 Å². The van der Waals surface area contributed by atoms with Crippen molar-refractivity contribution in [2.45, 2.75) is 19.1 Å². The Balaban J connectivity index is 3.07. The van der Waals surface area contributed by atoms with Crippen molar-refractivity contribution in [3.05, 3.63) is 33.8 Å². The van der Waals surface area contributed by atoms with Crippen LogP contribution < -0.4 is 5.73 Å². The van der Waals surface area contributed by atoms with E-state index >= 15 is 0 Å². The van der Waals surface area contributed by atoms with Crippen molar-refractivity contribution in [2.24, 2.45) is 5.73 Å². The molecule has 4 heteroatoms. The van der Waals surface area contributed by atoms with Gasteiger partial charge in [-0.1, -0.05) is 35.3 Å². The van der Waals surface area contributed by atoms with Crippen LogP contribution in [0.5, 0.6) is 0 Å². The third kappa shape index (κ3) is 2.35. The first kappa shape index (κ1) is 10.8. The maximum absolute atomic E-state index is 9.63. The lowest BCUT2D eigenvalue weighted by Crippen LogP contribution is -2.24. The Labute approximate surface area is 87.3 Å². The molecular weight excluding hydrogens is 209 g/mol. The molecule has 3 N–H and O–H groups in total. The maximum atomic E-state index is 9.63. The molecule has 0 saturated heterocycles. The molecule has 1 aromatic carbocycles. The van der Waals surface area contributed by atoms with E-state index < -0.39 is 6.10 Å². The molecule has 2 unspecified atom stereocenters. The average Bonchev–Trinajstić information content (AvgIpc) is 2.08. The molecule has 1 rings (SSSR count). The van der Waals surface area contributed by atoms with Crippen molar-refractivity contribution >= 4 is 23.2 Å². The van der Waals surface area contributed by atoms with Gasteiger partial charge in [0.15, 0.2) is 0 Å². The number of aliphatic hydroxyl groups excluding tert-OH is 1. The van der Waals surface area contributed by atoms with Gasteiger partial charge in [0.25, 0.3) is 0 Å². The third-order valence-corrected chi connectivity index (χ3v) is 2.63. The SMILES string of the molecule is CC(N)C(O)c1cccc(Cl)c1Cl. The van der Waals surface area contributed by atoms with E-state index in [0.29, 0.717) is 15.6 Å². The van der Waals surface area contributed by atoms with Crippen LogP contribution in [0.25, 0.3) is 0 Å². The van der Waals surface area contributed by atoms with Gasteiger partial charge in [-0.05, 0) is 13.0 Å². The molecule has 0 aromatic heterocycles. The Bertz CT molecular complexity index is 302. The van der Waals surface area contributed by atoms with Crippen LogP contribution in [-0.4, -0.2) is 11.1 Å². The van der Waals surface area contributed by atoms with Gasteiger partial charge in [0.05, 0.1) is 16.1 Å². The highest BCUT2D eigenvalue weighted by Crippen LogP contribution is 2.30. The molecule has 0 spiro atoms. The summed E-state index contributed by atoms with van der Waals surface area (Å²) in [5.41, 5.74) is 6.11. The number of aliphatic hydroxyl groups is 1. The summed E-state index contributed by atoms with van der Waals surface area (Å²) in [6.45, 7) is 1.71. The topological polar surface area (TPSA) is 46.2 Å². The zero-order valence-electron chi connectivity index (χ0n) is 7.17. The summed E-state index contributed by atoms with van der Waals surface area (Å²) in [6, 6.07) is 4.74. The summed E-state index contributed by atoms with van der Waals surface area (Å²) >= 11 is 11.7. The zero-order valence-corrected chi connectivity index (χ0v) is 8.68. The van der Waals surface area contributed by atoms with Crippen LogP contribution in [0.15, 0.2) is 18.2 Å². The van der Waals surface area contributed by atoms with Crippen LogP contribution in [0.4, 0.5) is 0 Å². The molecule has 0 aliphatic carbocycles. The van der Waals surface area contributed by atoms with Gasteiger partial charge in [-0.15, -0.1) is 0 Å². The normalized spacial score (nSPS) is 15.5. The molecule has 0 saturated carbocycles. The van der Waals surface area contributed by atoms with Crippen molar-refractivity contribution in [1.82, 2.24) is 0 Å². The van der Waals surface area contributed by atoms with E-state index in [9.17, 15) is 5.11 Å². The lowest BCUT2D eigenvalue weighted by Gasteiger charge is -2.16. The van der Waals surface area contributed by atoms with E-state index in [1.54, 1.807) is 25.1 Å². The quantitative estimate of drug-likeness (QED) is 0.803. The van der Waals surface area contributed by atoms with Gasteiger partial charge < -0.3 is 10.8 Å². The van der Waals surface area contributed by atoms with Crippen LogP contribution in [0.3, 0.4) is 0 Å². The van der Waals surface area contributed by atoms with Crippen LogP contribution >= 0.6 is 23.2 Å². The van der Waals surface area contributed by atoms with E-state index in [4.69, 9.17) is 28.9 Å². The van der Waals surface area contributed by atoms with Gasteiger partial charge in [-0.3, -0.25) is 0 Å². The average molecular weight is 220 g/mol. The summed E-state index contributed by atoms with van der Waals surface area (Å²) in [4.78, 5) is 0. The molecule has 13 heavy (non-hydrogen) atoms. The lowest BCUT2D eigenvalue weighted by atomic mass is 10.0. The molecule has 2 atom stereocenters. The molecular formula is C9H11Cl2NO. The van der Waals surface area contributed by atoms with Crippen molar-refractivity contribution in [3.63, 3.8) is 0 Å². The molecule has 0 fully saturated rings. The zero-order chi connectivity index (χ0) is 10.0. The number of nitrogens with two attached hydrogens (primary N) is 1. The standard InChI is InChI=1S/C9H11Cl2NO/c1-5(12)9(13)6-3-2-4-7(10)8(6)11/h2-5,9,13H,12H2,1H3. The van der Waals surface area contributed by atoms with Crippen molar-refractivity contribution in [3.8, 4) is 0 Å². The van der Waals surface area contributed by atoms with E-state index in [1.807, 2.05) is 0 Å². The smallest absolute Gasteiger partial charge is 0.0953 e. The minimum absolute atomic E-state index is 0.365. The number of benzene rings is 1. The molecule has 0 aliphatic heterocycles. The highest BCUT2D eigenvalue weighted by molar-refractivity contribution is 6.42. The fraction of sp³-hybridized carbons (Fsp3) is 0.333. The third-order valence-electron chi connectivity index (χ3n) is 1.80. The minimum atomic E-state index is -0.772. The highest BCUT2D eigenvalue weighted by Gasteiger charge is 2.16. The van der Waals surface area contributed by atoms with E-state index in [-0.39, 0.29) is 6.04 Å². The Morgan fingerprint density at radius 2 is 2.00 bits per heavy atom. The molecule has 72 valence electrons. The Morgan fingerprint density at radius 1 is 1.38 bits per heavy atom. The molecule has 2 nitrogen and oxygen atoms in total. The molecule has 0 bridgehead atoms. The fourth-order valence-corrected chi connectivity index (χ4v) is 1.45. The molecule has 0 aliphatic rings. The van der Waals surface area contributed by atoms with Gasteiger partial charge in [-0.2, -0.15) is 0 Å². The second kappa shape index (κ2) is 4.29. The van der Waals surface area contributed by atoms with Crippen LogP contribution in [-0.2, 0) is 0 Å². The molecule has 0 amide bonds. The number of hydrogen-bond acceptors (Lipinski definition) is 2. The summed E-state index contributed by atoms with van der Waals surface area (Å²) in [5.74, 6) is 0. The van der Waals surface area contributed by atoms with Crippen molar-refractivity contribution in [1.29, 1.82) is 0 Å². The first-order chi connectivity index (χ1) is 6.04. The second-order valence-electron chi connectivity index (χ2n) is 2.95. The van der Waals surface area contributed by atoms with Gasteiger partial charge in [0, 0.05) is 11.6 Å². The Kier molecular flexibility index (Phi) is 3.56. The van der Waals surface area contributed by atoms with Crippen LogP contribution in [0.1, 0.15) is 18.6 Å². The van der Waals surface area contributed by atoms with Gasteiger partial charge in [0.2, 0.25) is 0 Å². The molecule has 1 aromatic rings. The summed E-state index contributed by atoms with van der Waals surface area (Å²) < 4.78 is 0. The summed E-state index contributed by atoms with van der Waals surface area (Å²) in [7, 11) is 0. The monoisotopic (exact) mass is 219 g/mol. The predicted octanol–water partition coefficient (Wildman–Crippen LogP) is 2.37. The van der Waals surface area contributed by atoms with Crippen molar-refractivity contribution in [2.75, 3.05) is 0 Å². The minimum Gasteiger partial charge on any atom is -0.387 e. The van der Waals surface area contributed by atoms with E-state index in [0.717, 1.165) is 0 Å². The van der Waals surface area contributed by atoms with Crippen LogP contribution in [0.2, 0.25) is 10.0 Å². The van der Waals surface area contributed by atoms with E-state index in [2.05, 4.69) is 0 Å². The maximum Gasteiger partial charge on any atom is 0.0953 e. The summed E-state index contributed by atoms with van der Waals surface area (Å²) in [6.07, 6.45) is -0.772. The number of hydrogen-bond donors (Lipinski definition) is 2. The largest absolute Gasteiger partial charge is 0.387 e. The Hall–Kier alpha value is -0.280. The fourth-order valence-electron chi connectivity index (χ4n) is 1.03. The highest BCUT2D eigenvalue weighted by atomic mass is 35.5. The first-order valence-electron chi connectivity index (χ1n) is 3.91. The van der Waals surface area contributed by atoms with Gasteiger partial charge >= 0.3 is 0 Å². The van der Waals surface area contributed by atoms with Gasteiger partial charge in [-0.25, -0.2) is 0 Å². The first-order valence-corrected chi connectivity index (χ1v) is 4.67. The number of halogens is 2. The summed E-state index contributed by atoms with van der Waals surface area (Å²) in [5, 5.41) is 10.4. The second-order valence-corrected chi connectivity index (χ2v) is 3.73.